The van der Waals surface area contributed by atoms with Gasteiger partial charge in [-0.15, -0.1) is 0 Å². The minimum absolute atomic E-state index is 0.705. The van der Waals surface area contributed by atoms with Crippen LogP contribution >= 0.6 is 11.6 Å². The highest BCUT2D eigenvalue weighted by Crippen LogP contribution is 2.20. The normalized spacial score (nSPS) is 10.2. The topological polar surface area (TPSA) is 21.3 Å². The lowest BCUT2D eigenvalue weighted by atomic mass is 10.2. The van der Waals surface area contributed by atoms with Crippen LogP contribution in [-0.2, 0) is 0 Å². The average molecular weight is 276 g/mol. The maximum atomic E-state index is 5.97. The lowest BCUT2D eigenvalue weighted by Crippen LogP contribution is -2.08. The Morgan fingerprint density at radius 1 is 1.11 bits per heavy atom. The van der Waals surface area contributed by atoms with Crippen LogP contribution in [0.25, 0.3) is 0 Å². The van der Waals surface area contributed by atoms with E-state index in [1.165, 1.54) is 5.56 Å². The Bertz CT molecular complexity index is 513. The third-order valence-corrected chi connectivity index (χ3v) is 3.08. The molecule has 0 unspecified atom stereocenters. The van der Waals surface area contributed by atoms with Gasteiger partial charge in [0, 0.05) is 17.3 Å². The molecule has 2 nitrogen and oxygen atoms in total. The van der Waals surface area contributed by atoms with Gasteiger partial charge in [-0.25, -0.2) is 0 Å². The van der Waals surface area contributed by atoms with Crippen LogP contribution in [-0.4, -0.2) is 13.2 Å². The van der Waals surface area contributed by atoms with Crippen LogP contribution in [0.5, 0.6) is 5.75 Å². The van der Waals surface area contributed by atoms with E-state index >= 15 is 0 Å². The zero-order chi connectivity index (χ0) is 13.5. The summed E-state index contributed by atoms with van der Waals surface area (Å²) in [5, 5.41) is 4.13. The molecule has 1 N–H and O–H groups in total. The molecule has 0 spiro atoms. The molecule has 0 fully saturated rings. The molecule has 3 heteroatoms. The zero-order valence-corrected chi connectivity index (χ0v) is 11.8. The summed E-state index contributed by atoms with van der Waals surface area (Å²) < 4.78 is 5.63. The van der Waals surface area contributed by atoms with Gasteiger partial charge in [-0.1, -0.05) is 35.9 Å². The predicted octanol–water partition coefficient (Wildman–Crippen LogP) is 4.53. The standard InChI is InChI=1S/C16H18ClNO/c1-13-8-9-14(17)12-16(13)18-10-5-11-19-15-6-3-2-4-7-15/h2-4,6-9,12,18H,5,10-11H2,1H3. The summed E-state index contributed by atoms with van der Waals surface area (Å²) in [5.41, 5.74) is 2.29. The van der Waals surface area contributed by atoms with Crippen LogP contribution in [0.3, 0.4) is 0 Å². The first-order valence-corrected chi connectivity index (χ1v) is 6.81. The molecule has 0 aliphatic rings. The van der Waals surface area contributed by atoms with Crippen LogP contribution in [0, 0.1) is 6.92 Å². The molecule has 0 heterocycles. The third kappa shape index (κ3) is 4.49. The van der Waals surface area contributed by atoms with E-state index in [1.54, 1.807) is 0 Å². The van der Waals surface area contributed by atoms with Gasteiger partial charge in [0.15, 0.2) is 0 Å². The van der Waals surface area contributed by atoms with Crippen molar-refractivity contribution in [2.24, 2.45) is 0 Å². The molecule has 2 rings (SSSR count). The number of para-hydroxylation sites is 1. The van der Waals surface area contributed by atoms with E-state index in [4.69, 9.17) is 16.3 Å². The molecule has 0 saturated carbocycles. The number of ether oxygens (including phenoxy) is 1. The Morgan fingerprint density at radius 2 is 1.89 bits per heavy atom. The minimum atomic E-state index is 0.705. The quantitative estimate of drug-likeness (QED) is 0.782. The number of rotatable bonds is 6. The first-order chi connectivity index (χ1) is 9.25. The van der Waals surface area contributed by atoms with Gasteiger partial charge in [0.1, 0.15) is 5.75 Å². The van der Waals surface area contributed by atoms with Gasteiger partial charge in [0.25, 0.3) is 0 Å². The SMILES string of the molecule is Cc1ccc(Cl)cc1NCCCOc1ccccc1. The monoisotopic (exact) mass is 275 g/mol. The number of hydrogen-bond donors (Lipinski definition) is 1. The molecule has 2 aromatic carbocycles. The summed E-state index contributed by atoms with van der Waals surface area (Å²) in [4.78, 5) is 0. The van der Waals surface area contributed by atoms with Gasteiger partial charge in [0.2, 0.25) is 0 Å². The molecule has 0 bridgehead atoms. The van der Waals surface area contributed by atoms with Crippen molar-refractivity contribution in [2.45, 2.75) is 13.3 Å². The summed E-state index contributed by atoms with van der Waals surface area (Å²) in [6, 6.07) is 15.7. The van der Waals surface area contributed by atoms with Crippen LogP contribution < -0.4 is 10.1 Å². The predicted molar refractivity (Wildman–Crippen MR) is 81.2 cm³/mol. The van der Waals surface area contributed by atoms with Gasteiger partial charge < -0.3 is 10.1 Å². The molecule has 0 amide bonds. The molecule has 2 aromatic rings. The van der Waals surface area contributed by atoms with Gasteiger partial charge >= 0.3 is 0 Å². The van der Waals surface area contributed by atoms with Gasteiger partial charge in [-0.05, 0) is 43.2 Å². The van der Waals surface area contributed by atoms with E-state index in [2.05, 4.69) is 12.2 Å². The molecular formula is C16H18ClNO. The van der Waals surface area contributed by atoms with Crippen molar-refractivity contribution >= 4 is 17.3 Å². The fraction of sp³-hybridized carbons (Fsp3) is 0.250. The Kier molecular flexibility index (Phi) is 5.10. The number of halogens is 1. The van der Waals surface area contributed by atoms with Crippen molar-refractivity contribution < 1.29 is 4.74 Å². The first-order valence-electron chi connectivity index (χ1n) is 6.43. The second kappa shape index (κ2) is 7.05. The molecule has 0 aromatic heterocycles. The Hall–Kier alpha value is -1.67. The molecule has 0 aliphatic carbocycles. The zero-order valence-electron chi connectivity index (χ0n) is 11.0. The fourth-order valence-electron chi connectivity index (χ4n) is 1.79. The van der Waals surface area contributed by atoms with Crippen LogP contribution in [0.15, 0.2) is 48.5 Å². The van der Waals surface area contributed by atoms with E-state index in [-0.39, 0.29) is 0 Å². The van der Waals surface area contributed by atoms with Crippen molar-refractivity contribution in [3.8, 4) is 5.75 Å². The van der Waals surface area contributed by atoms with Crippen LogP contribution in [0.4, 0.5) is 5.69 Å². The largest absolute Gasteiger partial charge is 0.494 e. The van der Waals surface area contributed by atoms with Crippen molar-refractivity contribution in [1.82, 2.24) is 0 Å². The van der Waals surface area contributed by atoms with Crippen molar-refractivity contribution in [1.29, 1.82) is 0 Å². The lowest BCUT2D eigenvalue weighted by molar-refractivity contribution is 0.315. The van der Waals surface area contributed by atoms with Crippen molar-refractivity contribution in [3.63, 3.8) is 0 Å². The van der Waals surface area contributed by atoms with E-state index in [9.17, 15) is 0 Å². The van der Waals surface area contributed by atoms with Gasteiger partial charge in [-0.3, -0.25) is 0 Å². The number of aryl methyl sites for hydroxylation is 1. The maximum absolute atomic E-state index is 5.97. The fourth-order valence-corrected chi connectivity index (χ4v) is 1.96. The number of nitrogens with one attached hydrogen (secondary N) is 1. The summed E-state index contributed by atoms with van der Waals surface area (Å²) >= 11 is 5.97. The van der Waals surface area contributed by atoms with Crippen molar-refractivity contribution in [3.05, 3.63) is 59.1 Å². The summed E-state index contributed by atoms with van der Waals surface area (Å²) in [5.74, 6) is 0.918. The number of hydrogen-bond acceptors (Lipinski definition) is 2. The average Bonchev–Trinajstić information content (AvgIpc) is 2.43. The smallest absolute Gasteiger partial charge is 0.119 e. The maximum Gasteiger partial charge on any atom is 0.119 e. The highest BCUT2D eigenvalue weighted by Gasteiger charge is 1.98. The highest BCUT2D eigenvalue weighted by molar-refractivity contribution is 6.30. The number of anilines is 1. The molecule has 19 heavy (non-hydrogen) atoms. The highest BCUT2D eigenvalue weighted by atomic mass is 35.5. The Morgan fingerprint density at radius 3 is 2.68 bits per heavy atom. The van der Waals surface area contributed by atoms with Crippen LogP contribution in [0.1, 0.15) is 12.0 Å². The van der Waals surface area contributed by atoms with Gasteiger partial charge in [0.05, 0.1) is 6.61 Å². The Labute approximate surface area is 119 Å². The van der Waals surface area contributed by atoms with Crippen LogP contribution in [0.2, 0.25) is 5.02 Å². The van der Waals surface area contributed by atoms with E-state index in [0.717, 1.165) is 29.4 Å². The van der Waals surface area contributed by atoms with E-state index in [0.29, 0.717) is 6.61 Å². The van der Waals surface area contributed by atoms with Crippen molar-refractivity contribution in [2.75, 3.05) is 18.5 Å². The van der Waals surface area contributed by atoms with Gasteiger partial charge in [-0.2, -0.15) is 0 Å². The molecule has 0 saturated heterocycles. The third-order valence-electron chi connectivity index (χ3n) is 2.85. The first kappa shape index (κ1) is 13.8. The van der Waals surface area contributed by atoms with E-state index < -0.39 is 0 Å². The second-order valence-corrected chi connectivity index (χ2v) is 4.84. The molecule has 100 valence electrons. The molecule has 0 radical (unpaired) electrons. The summed E-state index contributed by atoms with van der Waals surface area (Å²) in [6.45, 7) is 3.64. The molecule has 0 atom stereocenters. The molecular weight excluding hydrogens is 258 g/mol. The van der Waals surface area contributed by atoms with E-state index in [1.807, 2.05) is 48.5 Å². The lowest BCUT2D eigenvalue weighted by Gasteiger charge is -2.10. The Balaban J connectivity index is 1.71. The second-order valence-electron chi connectivity index (χ2n) is 4.40. The number of benzene rings is 2. The molecule has 0 aliphatic heterocycles. The minimum Gasteiger partial charge on any atom is -0.494 e. The summed E-state index contributed by atoms with van der Waals surface area (Å²) in [6.07, 6.45) is 0.945. The summed E-state index contributed by atoms with van der Waals surface area (Å²) in [7, 11) is 0.